The van der Waals surface area contributed by atoms with Gasteiger partial charge in [-0.2, -0.15) is 18.3 Å². The number of amides is 1. The summed E-state index contributed by atoms with van der Waals surface area (Å²) in [5, 5.41) is 4.18. The number of hydrogen-bond acceptors (Lipinski definition) is 3. The van der Waals surface area contributed by atoms with Crippen LogP contribution in [0.2, 0.25) is 0 Å². The molecule has 2 heterocycles. The van der Waals surface area contributed by atoms with Crippen molar-refractivity contribution in [1.29, 1.82) is 0 Å². The molecule has 2 fully saturated rings. The second kappa shape index (κ2) is 7.22. The minimum absolute atomic E-state index is 0.0265. The predicted molar refractivity (Wildman–Crippen MR) is 96.5 cm³/mol. The molecule has 1 saturated heterocycles. The number of nitrogens with zero attached hydrogens (tertiary/aromatic N) is 4. The number of aromatic nitrogens is 3. The minimum atomic E-state index is -4.41. The van der Waals surface area contributed by atoms with Crippen molar-refractivity contribution in [1.82, 2.24) is 19.7 Å². The van der Waals surface area contributed by atoms with Gasteiger partial charge in [0.1, 0.15) is 12.7 Å². The van der Waals surface area contributed by atoms with Crippen molar-refractivity contribution in [2.24, 2.45) is 0 Å². The van der Waals surface area contributed by atoms with E-state index in [1.54, 1.807) is 12.4 Å². The first kappa shape index (κ1) is 19.0. The summed E-state index contributed by atoms with van der Waals surface area (Å²) in [7, 11) is 0. The first-order chi connectivity index (χ1) is 13.4. The summed E-state index contributed by atoms with van der Waals surface area (Å²) in [5.74, 6) is -0.0265. The number of carbonyl (C=O) groups is 1. The third-order valence-corrected chi connectivity index (χ3v) is 6.17. The second-order valence-corrected chi connectivity index (χ2v) is 7.77. The van der Waals surface area contributed by atoms with Crippen LogP contribution in [0.15, 0.2) is 36.9 Å². The monoisotopic (exact) mass is 392 g/mol. The highest BCUT2D eigenvalue weighted by molar-refractivity contribution is 5.88. The zero-order chi connectivity index (χ0) is 19.8. The fraction of sp³-hybridized carbons (Fsp3) is 0.550. The van der Waals surface area contributed by atoms with E-state index in [9.17, 15) is 18.0 Å². The largest absolute Gasteiger partial charge is 0.416 e. The lowest BCUT2D eigenvalue weighted by Gasteiger charge is -2.39. The fourth-order valence-corrected chi connectivity index (χ4v) is 4.64. The van der Waals surface area contributed by atoms with Crippen LogP contribution in [0.25, 0.3) is 0 Å². The summed E-state index contributed by atoms with van der Waals surface area (Å²) in [6, 6.07) is 5.55. The van der Waals surface area contributed by atoms with E-state index in [0.29, 0.717) is 31.5 Å². The molecule has 28 heavy (non-hydrogen) atoms. The first-order valence-corrected chi connectivity index (χ1v) is 9.71. The Morgan fingerprint density at radius 2 is 1.86 bits per heavy atom. The van der Waals surface area contributed by atoms with Crippen LogP contribution in [-0.2, 0) is 16.4 Å². The molecule has 1 aromatic carbocycles. The molecule has 2 aliphatic rings. The third-order valence-electron chi connectivity index (χ3n) is 6.17. The maximum absolute atomic E-state index is 13.5. The summed E-state index contributed by atoms with van der Waals surface area (Å²) in [5.41, 5.74) is -1.02. The average molecular weight is 392 g/mol. The molecule has 0 spiro atoms. The Morgan fingerprint density at radius 1 is 1.14 bits per heavy atom. The van der Waals surface area contributed by atoms with Crippen LogP contribution < -0.4 is 0 Å². The molecule has 1 aliphatic heterocycles. The number of piperidine rings is 1. The zero-order valence-corrected chi connectivity index (χ0v) is 15.5. The molecule has 0 N–H and O–H groups in total. The first-order valence-electron chi connectivity index (χ1n) is 9.71. The van der Waals surface area contributed by atoms with Gasteiger partial charge in [-0.15, -0.1) is 0 Å². The molecule has 5 nitrogen and oxygen atoms in total. The quantitative estimate of drug-likeness (QED) is 0.794. The minimum Gasteiger partial charge on any atom is -0.342 e. The molecule has 0 radical (unpaired) electrons. The standard InChI is InChI=1S/C20H23F3N4O/c21-20(22,23)16-5-3-4-15(12-16)19(8-1-2-9-19)18(28)26-10-6-17(7-11-26)27-14-24-13-25-27/h3-5,12-14,17H,1-2,6-11H2. The lowest BCUT2D eigenvalue weighted by Crippen LogP contribution is -2.48. The van der Waals surface area contributed by atoms with Gasteiger partial charge in [0, 0.05) is 13.1 Å². The van der Waals surface area contributed by atoms with Crippen LogP contribution >= 0.6 is 0 Å². The van der Waals surface area contributed by atoms with Gasteiger partial charge in [-0.3, -0.25) is 4.79 Å². The highest BCUT2D eigenvalue weighted by Gasteiger charge is 2.46. The second-order valence-electron chi connectivity index (χ2n) is 7.77. The molecule has 1 saturated carbocycles. The number of halogens is 3. The molecular weight excluding hydrogens is 369 g/mol. The van der Waals surface area contributed by atoms with Gasteiger partial charge < -0.3 is 4.90 Å². The molecule has 0 atom stereocenters. The van der Waals surface area contributed by atoms with Gasteiger partial charge in [0.2, 0.25) is 5.91 Å². The van der Waals surface area contributed by atoms with Crippen molar-refractivity contribution in [3.8, 4) is 0 Å². The van der Waals surface area contributed by atoms with E-state index in [-0.39, 0.29) is 11.9 Å². The van der Waals surface area contributed by atoms with Crippen LogP contribution in [-0.4, -0.2) is 38.7 Å². The Hall–Kier alpha value is -2.38. The fourth-order valence-electron chi connectivity index (χ4n) is 4.64. The van der Waals surface area contributed by atoms with Gasteiger partial charge in [0.25, 0.3) is 0 Å². The van der Waals surface area contributed by atoms with Crippen molar-refractivity contribution < 1.29 is 18.0 Å². The molecule has 1 amide bonds. The number of rotatable bonds is 3. The smallest absolute Gasteiger partial charge is 0.342 e. The molecule has 2 aromatic rings. The number of likely N-dealkylation sites (tertiary alicyclic amines) is 1. The predicted octanol–water partition coefficient (Wildman–Crippen LogP) is 3.97. The highest BCUT2D eigenvalue weighted by Crippen LogP contribution is 2.44. The average Bonchev–Trinajstić information content (AvgIpc) is 3.40. The number of benzene rings is 1. The van der Waals surface area contributed by atoms with Crippen molar-refractivity contribution in [3.63, 3.8) is 0 Å². The van der Waals surface area contributed by atoms with Gasteiger partial charge in [0.15, 0.2) is 0 Å². The van der Waals surface area contributed by atoms with E-state index < -0.39 is 17.2 Å². The Bertz CT molecular complexity index is 820. The molecule has 8 heteroatoms. The zero-order valence-electron chi connectivity index (χ0n) is 15.5. The van der Waals surface area contributed by atoms with Gasteiger partial charge in [0.05, 0.1) is 17.0 Å². The maximum Gasteiger partial charge on any atom is 0.416 e. The van der Waals surface area contributed by atoms with Crippen molar-refractivity contribution in [2.45, 2.75) is 56.2 Å². The van der Waals surface area contributed by atoms with E-state index in [0.717, 1.165) is 31.7 Å². The van der Waals surface area contributed by atoms with Gasteiger partial charge >= 0.3 is 6.18 Å². The topological polar surface area (TPSA) is 51.0 Å². The summed E-state index contributed by atoms with van der Waals surface area (Å²) in [4.78, 5) is 19.3. The molecule has 150 valence electrons. The number of alkyl halides is 3. The Labute approximate surface area is 161 Å². The lowest BCUT2D eigenvalue weighted by molar-refractivity contribution is -0.140. The molecule has 0 unspecified atom stereocenters. The summed E-state index contributed by atoms with van der Waals surface area (Å²) in [6.07, 6.45) is 3.25. The van der Waals surface area contributed by atoms with Gasteiger partial charge in [-0.05, 0) is 37.3 Å². The third kappa shape index (κ3) is 3.40. The van der Waals surface area contributed by atoms with Crippen LogP contribution in [0, 0.1) is 0 Å². The van der Waals surface area contributed by atoms with E-state index in [4.69, 9.17) is 0 Å². The van der Waals surface area contributed by atoms with Crippen molar-refractivity contribution >= 4 is 5.91 Å². The summed E-state index contributed by atoms with van der Waals surface area (Å²) >= 11 is 0. The van der Waals surface area contributed by atoms with E-state index in [2.05, 4.69) is 10.1 Å². The van der Waals surface area contributed by atoms with Crippen LogP contribution in [0.3, 0.4) is 0 Å². The molecule has 1 aliphatic carbocycles. The Morgan fingerprint density at radius 3 is 2.46 bits per heavy atom. The van der Waals surface area contributed by atoms with Crippen LogP contribution in [0.5, 0.6) is 0 Å². The van der Waals surface area contributed by atoms with Gasteiger partial charge in [-0.25, -0.2) is 9.67 Å². The maximum atomic E-state index is 13.5. The highest BCUT2D eigenvalue weighted by atomic mass is 19.4. The van der Waals surface area contributed by atoms with E-state index >= 15 is 0 Å². The van der Waals surface area contributed by atoms with Crippen molar-refractivity contribution in [3.05, 3.63) is 48.0 Å². The molecule has 1 aromatic heterocycles. The molecule has 4 rings (SSSR count). The summed E-state index contributed by atoms with van der Waals surface area (Å²) in [6.45, 7) is 1.17. The number of carbonyl (C=O) groups excluding carboxylic acids is 1. The SMILES string of the molecule is O=C(N1CCC(n2cncn2)CC1)C1(c2cccc(C(F)(F)F)c2)CCCC1. The van der Waals surface area contributed by atoms with Crippen LogP contribution in [0.1, 0.15) is 55.7 Å². The Kier molecular flexibility index (Phi) is 4.89. The van der Waals surface area contributed by atoms with Crippen LogP contribution in [0.4, 0.5) is 13.2 Å². The molecule has 0 bridgehead atoms. The molecular formula is C20H23F3N4O. The van der Waals surface area contributed by atoms with E-state index in [1.807, 2.05) is 9.58 Å². The van der Waals surface area contributed by atoms with Crippen molar-refractivity contribution in [2.75, 3.05) is 13.1 Å². The summed E-state index contributed by atoms with van der Waals surface area (Å²) < 4.78 is 41.4. The lowest BCUT2D eigenvalue weighted by atomic mass is 9.76. The van der Waals surface area contributed by atoms with E-state index in [1.165, 1.54) is 18.5 Å². The van der Waals surface area contributed by atoms with Gasteiger partial charge in [-0.1, -0.05) is 31.0 Å². The number of hydrogen-bond donors (Lipinski definition) is 0. The Balaban J connectivity index is 1.56. The normalized spacial score (nSPS) is 20.5.